The molecule has 0 saturated carbocycles. The molecule has 2 unspecified atom stereocenters. The molecular weight excluding hydrogens is 228 g/mol. The van der Waals surface area contributed by atoms with Crippen molar-refractivity contribution in [2.45, 2.75) is 25.4 Å². The van der Waals surface area contributed by atoms with Gasteiger partial charge in [0.15, 0.2) is 0 Å². The second-order valence-electron chi connectivity index (χ2n) is 4.06. The van der Waals surface area contributed by atoms with Crippen molar-refractivity contribution < 1.29 is 18.3 Å². The topological polar surface area (TPSA) is 38.3 Å². The molecule has 0 radical (unpaired) electrons. The maximum absolute atomic E-state index is 13.5. The summed E-state index contributed by atoms with van der Waals surface area (Å²) in [5, 5.41) is 2.93. The standard InChI is InChI=1S/C12H13F2NO2/c1-7(15-11-4-5-17-12(11)16)9-6-8(13)2-3-10(9)14/h2-3,6-7,11,15H,4-5H2,1H3. The first-order valence-corrected chi connectivity index (χ1v) is 5.45. The Kier molecular flexibility index (Phi) is 3.38. The summed E-state index contributed by atoms with van der Waals surface area (Å²) in [5.74, 6) is -1.32. The average molecular weight is 241 g/mol. The number of benzene rings is 1. The van der Waals surface area contributed by atoms with Gasteiger partial charge in [-0.15, -0.1) is 0 Å². The zero-order chi connectivity index (χ0) is 12.4. The van der Waals surface area contributed by atoms with E-state index in [4.69, 9.17) is 4.74 Å². The van der Waals surface area contributed by atoms with E-state index < -0.39 is 23.7 Å². The molecule has 1 aliphatic heterocycles. The van der Waals surface area contributed by atoms with Crippen molar-refractivity contribution in [3.8, 4) is 0 Å². The van der Waals surface area contributed by atoms with E-state index in [1.807, 2.05) is 0 Å². The van der Waals surface area contributed by atoms with Gasteiger partial charge in [0.05, 0.1) is 6.61 Å². The van der Waals surface area contributed by atoms with Gasteiger partial charge in [-0.05, 0) is 25.1 Å². The lowest BCUT2D eigenvalue weighted by Gasteiger charge is -2.17. The van der Waals surface area contributed by atoms with E-state index in [-0.39, 0.29) is 11.5 Å². The molecule has 0 spiro atoms. The minimum absolute atomic E-state index is 0.213. The maximum atomic E-state index is 13.5. The largest absolute Gasteiger partial charge is 0.464 e. The number of esters is 1. The third-order valence-electron chi connectivity index (χ3n) is 2.81. The van der Waals surface area contributed by atoms with Crippen molar-refractivity contribution in [1.29, 1.82) is 0 Å². The molecule has 0 amide bonds. The van der Waals surface area contributed by atoms with Gasteiger partial charge in [-0.3, -0.25) is 10.1 Å². The van der Waals surface area contributed by atoms with Crippen LogP contribution in [0.3, 0.4) is 0 Å². The Labute approximate surface area is 97.8 Å². The van der Waals surface area contributed by atoms with Crippen molar-refractivity contribution in [3.63, 3.8) is 0 Å². The van der Waals surface area contributed by atoms with Crippen LogP contribution in [0.15, 0.2) is 18.2 Å². The normalized spacial score (nSPS) is 21.4. The molecule has 2 rings (SSSR count). The van der Waals surface area contributed by atoms with Crippen LogP contribution in [0.25, 0.3) is 0 Å². The van der Waals surface area contributed by atoms with Gasteiger partial charge in [0.2, 0.25) is 0 Å². The summed E-state index contributed by atoms with van der Waals surface area (Å²) in [6, 6.07) is 2.40. The van der Waals surface area contributed by atoms with Gasteiger partial charge < -0.3 is 4.74 Å². The minimum atomic E-state index is -0.496. The second-order valence-corrected chi connectivity index (χ2v) is 4.06. The van der Waals surface area contributed by atoms with E-state index in [2.05, 4.69) is 5.32 Å². The monoisotopic (exact) mass is 241 g/mol. The number of carbonyl (C=O) groups excluding carboxylic acids is 1. The summed E-state index contributed by atoms with van der Waals surface area (Å²) in [4.78, 5) is 11.2. The van der Waals surface area contributed by atoms with Gasteiger partial charge in [-0.2, -0.15) is 0 Å². The van der Waals surface area contributed by atoms with Gasteiger partial charge in [-0.25, -0.2) is 8.78 Å². The summed E-state index contributed by atoms with van der Waals surface area (Å²) in [6.45, 7) is 2.05. The first kappa shape index (κ1) is 12.0. The van der Waals surface area contributed by atoms with Crippen molar-refractivity contribution in [1.82, 2.24) is 5.32 Å². The fourth-order valence-electron chi connectivity index (χ4n) is 1.89. The SMILES string of the molecule is CC(NC1CCOC1=O)c1cc(F)ccc1F. The highest BCUT2D eigenvalue weighted by Gasteiger charge is 2.28. The molecule has 0 aliphatic carbocycles. The van der Waals surface area contributed by atoms with Crippen molar-refractivity contribution >= 4 is 5.97 Å². The number of rotatable bonds is 3. The van der Waals surface area contributed by atoms with E-state index in [1.54, 1.807) is 6.92 Å². The molecule has 1 N–H and O–H groups in total. The highest BCUT2D eigenvalue weighted by atomic mass is 19.1. The Morgan fingerprint density at radius 1 is 1.47 bits per heavy atom. The summed E-state index contributed by atoms with van der Waals surface area (Å²) in [6.07, 6.45) is 0.556. The van der Waals surface area contributed by atoms with Gasteiger partial charge in [0.1, 0.15) is 17.7 Å². The molecule has 1 aromatic carbocycles. The Morgan fingerprint density at radius 2 is 2.24 bits per heavy atom. The highest BCUT2D eigenvalue weighted by Crippen LogP contribution is 2.20. The first-order valence-electron chi connectivity index (χ1n) is 5.45. The molecule has 3 nitrogen and oxygen atoms in total. The number of ether oxygens (including phenoxy) is 1. The average Bonchev–Trinajstić information content (AvgIpc) is 2.68. The van der Waals surface area contributed by atoms with Gasteiger partial charge >= 0.3 is 5.97 Å². The lowest BCUT2D eigenvalue weighted by molar-refractivity contribution is -0.139. The van der Waals surface area contributed by atoms with Crippen LogP contribution in [0.2, 0.25) is 0 Å². The van der Waals surface area contributed by atoms with Gasteiger partial charge in [0, 0.05) is 18.0 Å². The van der Waals surface area contributed by atoms with Crippen LogP contribution in [0.5, 0.6) is 0 Å². The van der Waals surface area contributed by atoms with Crippen molar-refractivity contribution in [2.24, 2.45) is 0 Å². The van der Waals surface area contributed by atoms with E-state index in [0.29, 0.717) is 13.0 Å². The Bertz CT molecular complexity index is 437. The molecule has 1 aromatic rings. The summed E-state index contributed by atoms with van der Waals surface area (Å²) >= 11 is 0. The van der Waals surface area contributed by atoms with E-state index in [1.165, 1.54) is 0 Å². The number of cyclic esters (lactones) is 1. The van der Waals surface area contributed by atoms with Crippen LogP contribution >= 0.6 is 0 Å². The van der Waals surface area contributed by atoms with Crippen LogP contribution in [-0.2, 0) is 9.53 Å². The number of nitrogens with one attached hydrogen (secondary N) is 1. The zero-order valence-electron chi connectivity index (χ0n) is 9.37. The van der Waals surface area contributed by atoms with Crippen molar-refractivity contribution in [2.75, 3.05) is 6.61 Å². The number of carbonyl (C=O) groups is 1. The van der Waals surface area contributed by atoms with Crippen LogP contribution in [0.4, 0.5) is 8.78 Å². The van der Waals surface area contributed by atoms with E-state index in [9.17, 15) is 13.6 Å². The molecule has 0 bridgehead atoms. The molecule has 2 atom stereocenters. The Hall–Kier alpha value is -1.49. The lowest BCUT2D eigenvalue weighted by atomic mass is 10.1. The molecule has 1 fully saturated rings. The highest BCUT2D eigenvalue weighted by molar-refractivity contribution is 5.77. The Morgan fingerprint density at radius 3 is 2.88 bits per heavy atom. The fraction of sp³-hybridized carbons (Fsp3) is 0.417. The molecule has 0 aromatic heterocycles. The number of hydrogen-bond donors (Lipinski definition) is 1. The van der Waals surface area contributed by atoms with Gasteiger partial charge in [0.25, 0.3) is 0 Å². The zero-order valence-corrected chi connectivity index (χ0v) is 9.37. The molecule has 1 aliphatic rings. The molecule has 92 valence electrons. The molecule has 1 saturated heterocycles. The maximum Gasteiger partial charge on any atom is 0.323 e. The smallest absolute Gasteiger partial charge is 0.323 e. The quantitative estimate of drug-likeness (QED) is 0.822. The number of halogens is 2. The minimum Gasteiger partial charge on any atom is -0.464 e. The first-order chi connectivity index (χ1) is 8.08. The van der Waals surface area contributed by atoms with Crippen LogP contribution < -0.4 is 5.32 Å². The lowest BCUT2D eigenvalue weighted by Crippen LogP contribution is -2.35. The van der Waals surface area contributed by atoms with Crippen LogP contribution in [-0.4, -0.2) is 18.6 Å². The molecule has 1 heterocycles. The predicted molar refractivity (Wildman–Crippen MR) is 57.3 cm³/mol. The predicted octanol–water partition coefficient (Wildman–Crippen LogP) is 1.93. The van der Waals surface area contributed by atoms with Crippen LogP contribution in [0, 0.1) is 11.6 Å². The van der Waals surface area contributed by atoms with Crippen molar-refractivity contribution in [3.05, 3.63) is 35.4 Å². The fourth-order valence-corrected chi connectivity index (χ4v) is 1.89. The van der Waals surface area contributed by atoms with E-state index in [0.717, 1.165) is 18.2 Å². The third kappa shape index (κ3) is 2.61. The van der Waals surface area contributed by atoms with E-state index >= 15 is 0 Å². The van der Waals surface area contributed by atoms with Gasteiger partial charge in [-0.1, -0.05) is 0 Å². The molecular formula is C12H13F2NO2. The molecule has 17 heavy (non-hydrogen) atoms. The van der Waals surface area contributed by atoms with Crippen LogP contribution in [0.1, 0.15) is 24.9 Å². The summed E-state index contributed by atoms with van der Waals surface area (Å²) in [5.41, 5.74) is 0.213. The summed E-state index contributed by atoms with van der Waals surface area (Å²) in [7, 11) is 0. The summed E-state index contributed by atoms with van der Waals surface area (Å²) < 4.78 is 31.3. The Balaban J connectivity index is 2.11. The molecule has 5 heteroatoms. The third-order valence-corrected chi connectivity index (χ3v) is 2.81. The second kappa shape index (κ2) is 4.79. The number of hydrogen-bond acceptors (Lipinski definition) is 3.